The fraction of sp³-hybridized carbons (Fsp3) is 0. The van der Waals surface area contributed by atoms with Crippen LogP contribution in [0.15, 0.2) is 52.7 Å². The van der Waals surface area contributed by atoms with E-state index in [1.165, 1.54) is 36.4 Å². The third-order valence-electron chi connectivity index (χ3n) is 2.68. The summed E-state index contributed by atoms with van der Waals surface area (Å²) in [5.41, 5.74) is 0.270. The molecule has 0 bridgehead atoms. The maximum atomic E-state index is 11.1. The average Bonchev–Trinajstić information content (AvgIpc) is 2.45. The summed E-state index contributed by atoms with van der Waals surface area (Å²) in [6.07, 6.45) is 0. The molecule has 0 radical (unpaired) electrons. The van der Waals surface area contributed by atoms with Gasteiger partial charge in [-0.3, -0.25) is 0 Å². The Morgan fingerprint density at radius 2 is 1.50 bits per heavy atom. The standard InChI is InChI=1S/C13H11AsN2O6/c17-12-6-5-10(7-11(12)13(18)19)16-15-9-3-1-8(2-4-9)14(20,21)22/h1-7,17H,(H,18,19)(H2,20,21,22). The second-order valence-electron chi connectivity index (χ2n) is 4.27. The zero-order chi connectivity index (χ0) is 16.3. The van der Waals surface area contributed by atoms with Crippen LogP contribution in [0.1, 0.15) is 10.4 Å². The van der Waals surface area contributed by atoms with Crippen LogP contribution in [0.4, 0.5) is 11.4 Å². The number of carbonyl (C=O) groups is 1. The van der Waals surface area contributed by atoms with E-state index >= 15 is 0 Å². The fourth-order valence-electron chi connectivity index (χ4n) is 1.59. The molecule has 0 atom stereocenters. The Morgan fingerprint density at radius 1 is 0.955 bits per heavy atom. The Kier molecular flexibility index (Phi) is 4.46. The summed E-state index contributed by atoms with van der Waals surface area (Å²) < 4.78 is 29.1. The van der Waals surface area contributed by atoms with Crippen molar-refractivity contribution in [3.8, 4) is 5.75 Å². The first-order valence-corrected chi connectivity index (χ1v) is 9.30. The summed E-state index contributed by atoms with van der Waals surface area (Å²) >= 11 is -4.92. The molecule has 0 saturated heterocycles. The number of azo groups is 1. The van der Waals surface area contributed by atoms with Gasteiger partial charge < -0.3 is 0 Å². The second kappa shape index (κ2) is 6.15. The SMILES string of the molecule is O=C(O)c1cc(N=Nc2ccc([As](=O)(O)O)cc2)ccc1O. The van der Waals surface area contributed by atoms with E-state index in [4.69, 9.17) is 13.3 Å². The number of hydrogen-bond donors (Lipinski definition) is 4. The number of aromatic carboxylic acids is 1. The summed E-state index contributed by atoms with van der Waals surface area (Å²) in [4.78, 5) is 10.9. The number of nitrogens with zero attached hydrogens (tertiary/aromatic N) is 2. The van der Waals surface area contributed by atoms with E-state index in [1.807, 2.05) is 0 Å². The van der Waals surface area contributed by atoms with Crippen LogP contribution in [0.5, 0.6) is 5.75 Å². The summed E-state index contributed by atoms with van der Waals surface area (Å²) in [6, 6.07) is 9.03. The second-order valence-corrected chi connectivity index (χ2v) is 7.63. The van der Waals surface area contributed by atoms with Crippen LogP contribution in [-0.4, -0.2) is 38.5 Å². The van der Waals surface area contributed by atoms with Crippen LogP contribution < -0.4 is 4.35 Å². The van der Waals surface area contributed by atoms with Gasteiger partial charge in [0.1, 0.15) is 0 Å². The van der Waals surface area contributed by atoms with Crippen LogP contribution in [0.2, 0.25) is 0 Å². The first-order valence-electron chi connectivity index (χ1n) is 5.91. The first-order chi connectivity index (χ1) is 10.3. The first kappa shape index (κ1) is 16.0. The Balaban J connectivity index is 2.24. The van der Waals surface area contributed by atoms with Crippen LogP contribution in [0.25, 0.3) is 0 Å². The molecule has 9 heteroatoms. The van der Waals surface area contributed by atoms with Gasteiger partial charge in [0.15, 0.2) is 0 Å². The quantitative estimate of drug-likeness (QED) is 0.471. The van der Waals surface area contributed by atoms with Gasteiger partial charge in [0.05, 0.1) is 0 Å². The van der Waals surface area contributed by atoms with Crippen molar-refractivity contribution >= 4 is 35.9 Å². The predicted molar refractivity (Wildman–Crippen MR) is 76.2 cm³/mol. The molecule has 22 heavy (non-hydrogen) atoms. The van der Waals surface area contributed by atoms with Gasteiger partial charge in [0.2, 0.25) is 0 Å². The van der Waals surface area contributed by atoms with Crippen molar-refractivity contribution in [2.75, 3.05) is 0 Å². The number of aromatic hydroxyl groups is 1. The van der Waals surface area contributed by atoms with Crippen LogP contribution >= 0.6 is 0 Å². The number of benzene rings is 2. The van der Waals surface area contributed by atoms with Crippen molar-refractivity contribution in [3.63, 3.8) is 0 Å². The van der Waals surface area contributed by atoms with Gasteiger partial charge in [-0.1, -0.05) is 0 Å². The van der Waals surface area contributed by atoms with E-state index in [-0.39, 0.29) is 21.4 Å². The van der Waals surface area contributed by atoms with E-state index in [1.54, 1.807) is 0 Å². The molecule has 0 fully saturated rings. The van der Waals surface area contributed by atoms with Gasteiger partial charge in [-0.2, -0.15) is 0 Å². The third kappa shape index (κ3) is 3.82. The van der Waals surface area contributed by atoms with Gasteiger partial charge in [-0.05, 0) is 0 Å². The molecule has 0 aliphatic heterocycles. The number of rotatable bonds is 4. The van der Waals surface area contributed by atoms with Crippen molar-refractivity contribution in [2.45, 2.75) is 0 Å². The molecule has 8 nitrogen and oxygen atoms in total. The minimum atomic E-state index is -4.92. The summed E-state index contributed by atoms with van der Waals surface area (Å²) in [6.45, 7) is 0. The molecule has 0 heterocycles. The molecule has 0 amide bonds. The maximum absolute atomic E-state index is 11.1. The fourth-order valence-corrected chi connectivity index (χ4v) is 2.71. The molecule has 114 valence electrons. The van der Waals surface area contributed by atoms with Gasteiger partial charge in [0.25, 0.3) is 0 Å². The van der Waals surface area contributed by atoms with E-state index in [9.17, 15) is 13.6 Å². The molecule has 0 unspecified atom stereocenters. The van der Waals surface area contributed by atoms with E-state index in [0.717, 1.165) is 6.07 Å². The molecule has 4 N–H and O–H groups in total. The van der Waals surface area contributed by atoms with Gasteiger partial charge >= 0.3 is 127 Å². The average molecular weight is 366 g/mol. The molecule has 2 aromatic rings. The summed E-state index contributed by atoms with van der Waals surface area (Å²) in [7, 11) is 0. The van der Waals surface area contributed by atoms with Gasteiger partial charge in [0, 0.05) is 0 Å². The number of phenols is 1. The Bertz CT molecular complexity index is 782. The van der Waals surface area contributed by atoms with Crippen molar-refractivity contribution in [1.29, 1.82) is 0 Å². The van der Waals surface area contributed by atoms with Crippen LogP contribution in [0, 0.1) is 0 Å². The van der Waals surface area contributed by atoms with Gasteiger partial charge in [-0.15, -0.1) is 0 Å². The molecule has 0 aromatic heterocycles. The predicted octanol–water partition coefficient (Wildman–Crippen LogP) is 1.07. The molecule has 0 aliphatic carbocycles. The number of carboxylic acid groups (broad SMARTS) is 1. The molecule has 0 aliphatic rings. The number of carboxylic acids is 1. The van der Waals surface area contributed by atoms with E-state index in [2.05, 4.69) is 10.2 Å². The normalized spacial score (nSPS) is 11.7. The van der Waals surface area contributed by atoms with Crippen molar-refractivity contribution in [2.24, 2.45) is 10.2 Å². The topological polar surface area (TPSA) is 140 Å². The summed E-state index contributed by atoms with van der Waals surface area (Å²) in [5.74, 6) is -1.66. The van der Waals surface area contributed by atoms with E-state index < -0.39 is 20.1 Å². The van der Waals surface area contributed by atoms with Gasteiger partial charge in [-0.25, -0.2) is 0 Å². The summed E-state index contributed by atoms with van der Waals surface area (Å²) in [5, 5.41) is 25.9. The number of hydrogen-bond acceptors (Lipinski definition) is 5. The molecular formula is C13H11AsN2O6. The Labute approximate surface area is 127 Å². The molecule has 0 spiro atoms. The van der Waals surface area contributed by atoms with Crippen molar-refractivity contribution < 1.29 is 26.9 Å². The van der Waals surface area contributed by atoms with Crippen LogP contribution in [0.3, 0.4) is 0 Å². The molecule has 2 rings (SSSR count). The third-order valence-corrected chi connectivity index (χ3v) is 4.71. The minimum absolute atomic E-state index is 0.0742. The van der Waals surface area contributed by atoms with E-state index in [0.29, 0.717) is 5.69 Å². The molecule has 2 aromatic carbocycles. The zero-order valence-corrected chi connectivity index (χ0v) is 12.9. The van der Waals surface area contributed by atoms with Crippen molar-refractivity contribution in [3.05, 3.63) is 48.0 Å². The monoisotopic (exact) mass is 366 g/mol. The van der Waals surface area contributed by atoms with Crippen molar-refractivity contribution in [1.82, 2.24) is 0 Å². The molecular weight excluding hydrogens is 355 g/mol. The van der Waals surface area contributed by atoms with Crippen LogP contribution in [-0.2, 0) is 3.74 Å². The molecule has 0 saturated carbocycles. The Morgan fingerprint density at radius 3 is 2.05 bits per heavy atom. The Hall–Kier alpha value is -2.41. The zero-order valence-electron chi connectivity index (χ0n) is 11.0.